The van der Waals surface area contributed by atoms with Gasteiger partial charge in [0.2, 0.25) is 0 Å². The topological polar surface area (TPSA) is 42.9 Å². The highest BCUT2D eigenvalue weighted by Crippen LogP contribution is 2.32. The molecular weight excluding hydrogens is 259 g/mol. The molecule has 0 saturated heterocycles. The number of ketones is 1. The molecule has 88 valence electrons. The summed E-state index contributed by atoms with van der Waals surface area (Å²) in [6, 6.07) is 2.94. The molecule has 0 aliphatic heterocycles. The van der Waals surface area contributed by atoms with E-state index in [1.807, 2.05) is 0 Å². The molecule has 1 heterocycles. The van der Waals surface area contributed by atoms with Crippen molar-refractivity contribution < 1.29 is 9.18 Å². The van der Waals surface area contributed by atoms with Gasteiger partial charge in [0.15, 0.2) is 10.1 Å². The second kappa shape index (κ2) is 4.93. The van der Waals surface area contributed by atoms with Crippen LogP contribution in [0.2, 0.25) is 0 Å². The van der Waals surface area contributed by atoms with Crippen LogP contribution in [0.3, 0.4) is 0 Å². The molecule has 0 aliphatic rings. The summed E-state index contributed by atoms with van der Waals surface area (Å²) in [7, 11) is 0. The van der Waals surface area contributed by atoms with Crippen molar-refractivity contribution in [3.05, 3.63) is 34.6 Å². The molecule has 0 unspecified atom stereocenters. The fraction of sp³-hybridized carbons (Fsp3) is 0.182. The Bertz CT molecular complexity index is 555. The first-order valence-electron chi connectivity index (χ1n) is 4.83. The van der Waals surface area contributed by atoms with Crippen LogP contribution in [0.5, 0.6) is 0 Å². The highest BCUT2D eigenvalue weighted by atomic mass is 32.2. The highest BCUT2D eigenvalue weighted by Gasteiger charge is 2.13. The number of carbonyl (C=O) groups excluding carboxylic acids is 1. The third kappa shape index (κ3) is 2.70. The third-order valence-corrected chi connectivity index (χ3v) is 4.01. The van der Waals surface area contributed by atoms with E-state index in [4.69, 9.17) is 0 Å². The molecule has 0 fully saturated rings. The van der Waals surface area contributed by atoms with E-state index in [9.17, 15) is 9.18 Å². The minimum absolute atomic E-state index is 0.157. The zero-order valence-corrected chi connectivity index (χ0v) is 10.9. The maximum atomic E-state index is 13.4. The van der Waals surface area contributed by atoms with Crippen molar-refractivity contribution >= 4 is 28.9 Å². The van der Waals surface area contributed by atoms with Crippen LogP contribution in [0.25, 0.3) is 0 Å². The normalized spacial score (nSPS) is 10.5. The molecule has 2 rings (SSSR count). The Morgan fingerprint density at radius 1 is 1.47 bits per heavy atom. The second-order valence-electron chi connectivity index (χ2n) is 3.46. The largest absolute Gasteiger partial charge is 0.294 e. The number of aromatic nitrogens is 2. The minimum atomic E-state index is -0.364. The van der Waals surface area contributed by atoms with Gasteiger partial charge in [-0.25, -0.2) is 4.39 Å². The maximum absolute atomic E-state index is 13.4. The highest BCUT2D eigenvalue weighted by molar-refractivity contribution is 8.01. The first kappa shape index (κ1) is 12.2. The lowest BCUT2D eigenvalue weighted by Crippen LogP contribution is -1.98. The number of Topliss-reactive ketones (excluding diaryl/α,β-unsaturated/α-hetero) is 1. The van der Waals surface area contributed by atoms with E-state index in [0.29, 0.717) is 16.0 Å². The predicted molar refractivity (Wildman–Crippen MR) is 65.2 cm³/mol. The Morgan fingerprint density at radius 3 is 2.82 bits per heavy atom. The van der Waals surface area contributed by atoms with Crippen LogP contribution < -0.4 is 0 Å². The number of hydrogen-bond donors (Lipinski definition) is 0. The Morgan fingerprint density at radius 2 is 2.24 bits per heavy atom. The van der Waals surface area contributed by atoms with Gasteiger partial charge in [0, 0.05) is 10.5 Å². The van der Waals surface area contributed by atoms with E-state index in [1.54, 1.807) is 18.5 Å². The maximum Gasteiger partial charge on any atom is 0.178 e. The number of nitrogens with zero attached hydrogens (tertiary/aromatic N) is 2. The molecule has 0 aliphatic carbocycles. The van der Waals surface area contributed by atoms with Gasteiger partial charge in [-0.2, -0.15) is 0 Å². The zero-order valence-electron chi connectivity index (χ0n) is 9.23. The molecule has 0 spiro atoms. The van der Waals surface area contributed by atoms with Crippen LogP contribution in [-0.4, -0.2) is 16.0 Å². The average molecular weight is 268 g/mol. The van der Waals surface area contributed by atoms with Gasteiger partial charge in [-0.3, -0.25) is 4.79 Å². The molecule has 1 aromatic heterocycles. The lowest BCUT2D eigenvalue weighted by atomic mass is 10.1. The predicted octanol–water partition coefficient (Wildman–Crippen LogP) is 3.34. The van der Waals surface area contributed by atoms with E-state index in [2.05, 4.69) is 10.2 Å². The molecule has 2 aromatic rings. The number of aryl methyl sites for hydroxylation is 1. The van der Waals surface area contributed by atoms with E-state index < -0.39 is 0 Å². The quantitative estimate of drug-likeness (QED) is 0.801. The molecule has 0 saturated carbocycles. The van der Waals surface area contributed by atoms with Crippen molar-refractivity contribution in [2.75, 3.05) is 0 Å². The van der Waals surface area contributed by atoms with Crippen LogP contribution in [0.1, 0.15) is 22.8 Å². The Labute approximate surface area is 106 Å². The average Bonchev–Trinajstić information content (AvgIpc) is 2.75. The summed E-state index contributed by atoms with van der Waals surface area (Å²) >= 11 is 2.71. The summed E-state index contributed by atoms with van der Waals surface area (Å²) in [6.07, 6.45) is 0. The van der Waals surface area contributed by atoms with Gasteiger partial charge in [-0.15, -0.1) is 10.2 Å². The summed E-state index contributed by atoms with van der Waals surface area (Å²) in [5.41, 5.74) is 2.52. The number of carbonyl (C=O) groups is 1. The molecule has 0 N–H and O–H groups in total. The summed E-state index contributed by atoms with van der Waals surface area (Å²) in [5, 5.41) is 7.61. The molecule has 3 nitrogen and oxygen atoms in total. The fourth-order valence-corrected chi connectivity index (χ4v) is 3.01. The lowest BCUT2D eigenvalue weighted by molar-refractivity contribution is 0.101. The molecule has 0 atom stereocenters. The van der Waals surface area contributed by atoms with E-state index >= 15 is 0 Å². The zero-order chi connectivity index (χ0) is 12.4. The van der Waals surface area contributed by atoms with E-state index in [0.717, 1.165) is 4.34 Å². The Hall–Kier alpha value is -1.27. The minimum Gasteiger partial charge on any atom is -0.294 e. The van der Waals surface area contributed by atoms with E-state index in [-0.39, 0.29) is 11.6 Å². The standard InChI is InChI=1S/C11H9FN2OS2/c1-6-3-10(17-11-14-13-5-16-11)8(7(2)15)4-9(6)12/h3-5H,1-2H3. The first-order valence-corrected chi connectivity index (χ1v) is 6.52. The number of rotatable bonds is 3. The number of halogens is 1. The smallest absolute Gasteiger partial charge is 0.178 e. The molecule has 17 heavy (non-hydrogen) atoms. The molecule has 6 heteroatoms. The van der Waals surface area contributed by atoms with Gasteiger partial charge in [0.25, 0.3) is 0 Å². The van der Waals surface area contributed by atoms with Gasteiger partial charge in [0.1, 0.15) is 11.3 Å². The van der Waals surface area contributed by atoms with Crippen molar-refractivity contribution in [2.24, 2.45) is 0 Å². The van der Waals surface area contributed by atoms with Crippen molar-refractivity contribution in [3.63, 3.8) is 0 Å². The van der Waals surface area contributed by atoms with Crippen LogP contribution in [0.15, 0.2) is 26.9 Å². The van der Waals surface area contributed by atoms with Gasteiger partial charge in [-0.1, -0.05) is 23.1 Å². The summed E-state index contributed by atoms with van der Waals surface area (Å²) in [4.78, 5) is 12.2. The number of hydrogen-bond acceptors (Lipinski definition) is 5. The second-order valence-corrected chi connectivity index (χ2v) is 5.58. The van der Waals surface area contributed by atoms with Gasteiger partial charge in [-0.05, 0) is 31.5 Å². The van der Waals surface area contributed by atoms with Crippen LogP contribution >= 0.6 is 23.1 Å². The molecule has 0 bridgehead atoms. The summed E-state index contributed by atoms with van der Waals surface area (Å²) in [6.45, 7) is 3.09. The van der Waals surface area contributed by atoms with Crippen molar-refractivity contribution in [3.8, 4) is 0 Å². The Balaban J connectivity index is 2.44. The van der Waals surface area contributed by atoms with E-state index in [1.165, 1.54) is 36.1 Å². The Kier molecular flexibility index (Phi) is 3.54. The van der Waals surface area contributed by atoms with Crippen molar-refractivity contribution in [1.82, 2.24) is 10.2 Å². The van der Waals surface area contributed by atoms with Gasteiger partial charge >= 0.3 is 0 Å². The van der Waals surface area contributed by atoms with Gasteiger partial charge < -0.3 is 0 Å². The summed E-state index contributed by atoms with van der Waals surface area (Å²) in [5.74, 6) is -0.521. The number of benzene rings is 1. The fourth-order valence-electron chi connectivity index (χ4n) is 1.32. The van der Waals surface area contributed by atoms with Crippen molar-refractivity contribution in [1.29, 1.82) is 0 Å². The van der Waals surface area contributed by atoms with Crippen LogP contribution in [0, 0.1) is 12.7 Å². The van der Waals surface area contributed by atoms with Gasteiger partial charge in [0.05, 0.1) is 0 Å². The molecule has 1 aromatic carbocycles. The summed E-state index contributed by atoms with van der Waals surface area (Å²) < 4.78 is 14.1. The first-order chi connectivity index (χ1) is 8.08. The third-order valence-electron chi connectivity index (χ3n) is 2.18. The van der Waals surface area contributed by atoms with Crippen LogP contribution in [-0.2, 0) is 0 Å². The SMILES string of the molecule is CC(=O)c1cc(F)c(C)cc1Sc1nncs1. The molecule has 0 radical (unpaired) electrons. The van der Waals surface area contributed by atoms with Crippen LogP contribution in [0.4, 0.5) is 4.39 Å². The lowest BCUT2D eigenvalue weighted by Gasteiger charge is -2.06. The molecule has 0 amide bonds. The molecular formula is C11H9FN2OS2. The monoisotopic (exact) mass is 268 g/mol. The van der Waals surface area contributed by atoms with Crippen molar-refractivity contribution in [2.45, 2.75) is 23.1 Å².